The van der Waals surface area contributed by atoms with E-state index in [9.17, 15) is 9.59 Å². The highest BCUT2D eigenvalue weighted by molar-refractivity contribution is 5.86. The molecule has 2 atom stereocenters. The Morgan fingerprint density at radius 2 is 1.15 bits per heavy atom. The van der Waals surface area contributed by atoms with E-state index in [0.717, 1.165) is 0 Å². The van der Waals surface area contributed by atoms with Crippen molar-refractivity contribution in [1.29, 1.82) is 0 Å². The molecule has 0 aromatic heterocycles. The fourth-order valence-electron chi connectivity index (χ4n) is 3.98. The van der Waals surface area contributed by atoms with Crippen LogP contribution >= 0.6 is 0 Å². The maximum atomic E-state index is 13.6. The summed E-state index contributed by atoms with van der Waals surface area (Å²) < 4.78 is 23.7. The van der Waals surface area contributed by atoms with E-state index in [1.54, 1.807) is 14.7 Å². The summed E-state index contributed by atoms with van der Waals surface area (Å²) in [4.78, 5) is 31.5. The van der Waals surface area contributed by atoms with Crippen molar-refractivity contribution >= 4 is 12.1 Å². The molecule has 0 spiro atoms. The summed E-state index contributed by atoms with van der Waals surface area (Å²) >= 11 is 0. The Bertz CT molecular complexity index is 659. The van der Waals surface area contributed by atoms with Gasteiger partial charge >= 0.3 is 12.1 Å². The van der Waals surface area contributed by atoms with Gasteiger partial charge in [-0.1, -0.05) is 55.4 Å². The van der Waals surface area contributed by atoms with Gasteiger partial charge in [0.2, 0.25) is 0 Å². The third-order valence-corrected chi connectivity index (χ3v) is 5.46. The number of carbonyl (C=O) groups is 2. The Morgan fingerprint density at radius 1 is 0.706 bits per heavy atom. The summed E-state index contributed by atoms with van der Waals surface area (Å²) in [6, 6.07) is -0.573. The lowest BCUT2D eigenvalue weighted by Gasteiger charge is -2.41. The predicted octanol–water partition coefficient (Wildman–Crippen LogP) is 3.33. The largest absolute Gasteiger partial charge is 0.377 e. The van der Waals surface area contributed by atoms with Crippen molar-refractivity contribution in [3.8, 4) is 0 Å². The molecule has 0 radical (unpaired) electrons. The molecule has 2 saturated heterocycles. The number of fused-ring (bicyclic) bond motifs is 1. The number of nitrogens with one attached hydrogen (secondary N) is 1. The number of amides is 4. The molecular weight excluding hydrogens is 440 g/mol. The zero-order chi connectivity index (χ0) is 25.5. The lowest BCUT2D eigenvalue weighted by molar-refractivity contribution is -0.123. The molecular formula is C24H46N4O6. The van der Waals surface area contributed by atoms with Crippen LogP contribution in [0.5, 0.6) is 0 Å². The molecule has 2 aliphatic rings. The van der Waals surface area contributed by atoms with Crippen LogP contribution in [0.1, 0.15) is 55.4 Å². The fraction of sp³-hybridized carbons (Fsp3) is 0.917. The summed E-state index contributed by atoms with van der Waals surface area (Å²) in [5, 5.41) is 2.99. The molecule has 0 bridgehead atoms. The van der Waals surface area contributed by atoms with E-state index in [1.165, 1.54) is 0 Å². The quantitative estimate of drug-likeness (QED) is 0.360. The van der Waals surface area contributed by atoms with E-state index in [0.29, 0.717) is 50.1 Å². The van der Waals surface area contributed by atoms with E-state index in [2.05, 4.69) is 33.0 Å². The predicted molar refractivity (Wildman–Crippen MR) is 129 cm³/mol. The smallest absolute Gasteiger partial charge is 0.327 e. The molecule has 0 aromatic carbocycles. The molecule has 2 fully saturated rings. The first-order chi connectivity index (χ1) is 16.0. The Balaban J connectivity index is 2.37. The van der Waals surface area contributed by atoms with E-state index in [-0.39, 0.29) is 38.9 Å². The Morgan fingerprint density at radius 3 is 1.65 bits per heavy atom. The van der Waals surface area contributed by atoms with E-state index in [4.69, 9.17) is 18.9 Å². The number of carbonyl (C=O) groups excluding carboxylic acids is 2. The number of nitrogens with zero attached hydrogens (tertiary/aromatic N) is 3. The standard InChI is InChI=1S/C24H46N4O6/c1-17(2)9-31-13-24-21(25-22(29)27(24)15-33-11-19(5)6)26(14-32-10-18(3)4)23(30)28(24)16-34-12-20(7)8/h17-21H,9-16H2,1-8H3,(H,25,29). The molecule has 10 nitrogen and oxygen atoms in total. The van der Waals surface area contributed by atoms with Crippen molar-refractivity contribution < 1.29 is 28.5 Å². The van der Waals surface area contributed by atoms with E-state index < -0.39 is 11.8 Å². The molecule has 0 aromatic rings. The van der Waals surface area contributed by atoms with E-state index >= 15 is 0 Å². The maximum absolute atomic E-state index is 13.6. The van der Waals surface area contributed by atoms with Gasteiger partial charge in [-0.05, 0) is 23.7 Å². The fourth-order valence-corrected chi connectivity index (χ4v) is 3.98. The third kappa shape index (κ3) is 6.96. The topological polar surface area (TPSA) is 92.8 Å². The first kappa shape index (κ1) is 28.6. The van der Waals surface area contributed by atoms with Gasteiger partial charge in [0.25, 0.3) is 0 Å². The number of urea groups is 2. The minimum Gasteiger partial charge on any atom is -0.377 e. The van der Waals surface area contributed by atoms with E-state index in [1.807, 2.05) is 27.7 Å². The number of ether oxygens (including phenoxy) is 4. The highest BCUT2D eigenvalue weighted by atomic mass is 16.5. The van der Waals surface area contributed by atoms with Crippen LogP contribution in [0.2, 0.25) is 0 Å². The third-order valence-electron chi connectivity index (χ3n) is 5.46. The molecule has 2 aliphatic heterocycles. The van der Waals surface area contributed by atoms with Crippen LogP contribution < -0.4 is 5.32 Å². The monoisotopic (exact) mass is 486 g/mol. The average molecular weight is 487 g/mol. The average Bonchev–Trinajstić information content (AvgIpc) is 3.10. The molecule has 2 rings (SSSR count). The maximum Gasteiger partial charge on any atom is 0.327 e. The second kappa shape index (κ2) is 12.9. The summed E-state index contributed by atoms with van der Waals surface area (Å²) in [6.07, 6.45) is -0.655. The lowest BCUT2D eigenvalue weighted by atomic mass is 10.1. The second-order valence-corrected chi connectivity index (χ2v) is 10.9. The van der Waals surface area contributed by atoms with Crippen molar-refractivity contribution in [1.82, 2.24) is 20.0 Å². The summed E-state index contributed by atoms with van der Waals surface area (Å²) in [5.74, 6) is 1.24. The van der Waals surface area contributed by atoms with Gasteiger partial charge in [0.05, 0.1) is 26.4 Å². The summed E-state index contributed by atoms with van der Waals surface area (Å²) in [7, 11) is 0. The van der Waals surface area contributed by atoms with Gasteiger partial charge in [-0.3, -0.25) is 14.7 Å². The molecule has 34 heavy (non-hydrogen) atoms. The van der Waals surface area contributed by atoms with Crippen molar-refractivity contribution in [3.63, 3.8) is 0 Å². The molecule has 1 N–H and O–H groups in total. The van der Waals surface area contributed by atoms with Crippen molar-refractivity contribution in [3.05, 3.63) is 0 Å². The SMILES string of the molecule is CC(C)COCN1C(=O)N(COCC(C)C)C2(COCC(C)C)C1NC(=O)N2COCC(C)C. The Labute approximate surface area is 205 Å². The van der Waals surface area contributed by atoms with Crippen LogP contribution in [0.3, 0.4) is 0 Å². The highest BCUT2D eigenvalue weighted by Gasteiger charge is 2.67. The first-order valence-electron chi connectivity index (χ1n) is 12.5. The van der Waals surface area contributed by atoms with Crippen LogP contribution in [-0.2, 0) is 18.9 Å². The normalized spacial score (nSPS) is 22.8. The van der Waals surface area contributed by atoms with Gasteiger partial charge in [-0.2, -0.15) is 0 Å². The first-order valence-corrected chi connectivity index (χ1v) is 12.5. The number of hydrogen-bond acceptors (Lipinski definition) is 6. The molecule has 4 amide bonds. The molecule has 198 valence electrons. The van der Waals surface area contributed by atoms with Crippen molar-refractivity contribution in [2.75, 3.05) is 53.2 Å². The minimum absolute atomic E-state index is 0.0366. The van der Waals surface area contributed by atoms with Crippen LogP contribution in [0.25, 0.3) is 0 Å². The molecule has 2 unspecified atom stereocenters. The zero-order valence-corrected chi connectivity index (χ0v) is 22.3. The van der Waals surface area contributed by atoms with Crippen LogP contribution in [-0.4, -0.2) is 91.8 Å². The van der Waals surface area contributed by atoms with Gasteiger partial charge in [0, 0.05) is 6.61 Å². The molecule has 10 heteroatoms. The van der Waals surface area contributed by atoms with Crippen molar-refractivity contribution in [2.24, 2.45) is 23.7 Å². The van der Waals surface area contributed by atoms with Gasteiger partial charge in [-0.25, -0.2) is 9.59 Å². The van der Waals surface area contributed by atoms with Crippen LogP contribution in [0, 0.1) is 23.7 Å². The highest BCUT2D eigenvalue weighted by Crippen LogP contribution is 2.39. The minimum atomic E-state index is -1.11. The Kier molecular flexibility index (Phi) is 10.9. The van der Waals surface area contributed by atoms with Gasteiger partial charge in [0.15, 0.2) is 11.8 Å². The van der Waals surface area contributed by atoms with Crippen LogP contribution in [0.4, 0.5) is 9.59 Å². The molecule has 0 aliphatic carbocycles. The summed E-state index contributed by atoms with van der Waals surface area (Å²) in [5.41, 5.74) is -1.11. The molecule has 0 saturated carbocycles. The number of rotatable bonds is 16. The zero-order valence-electron chi connectivity index (χ0n) is 22.3. The van der Waals surface area contributed by atoms with Gasteiger partial charge in [-0.15, -0.1) is 0 Å². The molecule has 2 heterocycles. The lowest BCUT2D eigenvalue weighted by Crippen LogP contribution is -2.64. The van der Waals surface area contributed by atoms with Crippen LogP contribution in [0.15, 0.2) is 0 Å². The Hall–Kier alpha value is -1.62. The van der Waals surface area contributed by atoms with Gasteiger partial charge < -0.3 is 24.3 Å². The van der Waals surface area contributed by atoms with Gasteiger partial charge in [0.1, 0.15) is 20.2 Å². The second-order valence-electron chi connectivity index (χ2n) is 10.9. The van der Waals surface area contributed by atoms with Crippen molar-refractivity contribution in [2.45, 2.75) is 67.2 Å². The number of hydrogen-bond donors (Lipinski definition) is 1. The summed E-state index contributed by atoms with van der Waals surface area (Å²) in [6.45, 7) is 18.7.